The predicted octanol–water partition coefficient (Wildman–Crippen LogP) is 3.69. The van der Waals surface area contributed by atoms with Gasteiger partial charge in [-0.2, -0.15) is 0 Å². The maximum atomic E-state index is 11.9. The molecule has 1 unspecified atom stereocenters. The van der Waals surface area contributed by atoms with E-state index < -0.39 is 0 Å². The largest absolute Gasteiger partial charge is 0.487 e. The molecular weight excluding hydrogens is 312 g/mol. The number of fused-ring (bicyclic) bond motifs is 1. The van der Waals surface area contributed by atoms with Gasteiger partial charge < -0.3 is 10.1 Å². The number of amides is 1. The molecule has 0 bridgehead atoms. The summed E-state index contributed by atoms with van der Waals surface area (Å²) in [5, 5.41) is 2.92. The fourth-order valence-corrected chi connectivity index (χ4v) is 2.97. The SMILES string of the molecule is Cc1cc2c(c(-c3ccccn3)c1)OC(CNC(=O)C=CC(C)C)C2. The fourth-order valence-electron chi connectivity index (χ4n) is 2.97. The van der Waals surface area contributed by atoms with Crippen molar-refractivity contribution in [1.82, 2.24) is 10.3 Å². The van der Waals surface area contributed by atoms with Gasteiger partial charge in [-0.1, -0.05) is 32.1 Å². The molecule has 2 heterocycles. The van der Waals surface area contributed by atoms with Gasteiger partial charge in [-0.3, -0.25) is 9.78 Å². The van der Waals surface area contributed by atoms with Crippen molar-refractivity contribution in [3.8, 4) is 17.0 Å². The van der Waals surface area contributed by atoms with Gasteiger partial charge in [0, 0.05) is 18.2 Å². The lowest BCUT2D eigenvalue weighted by Crippen LogP contribution is -2.33. The smallest absolute Gasteiger partial charge is 0.243 e. The molecule has 3 rings (SSSR count). The van der Waals surface area contributed by atoms with Crippen LogP contribution in [0, 0.1) is 12.8 Å². The first-order chi connectivity index (χ1) is 12.0. The maximum absolute atomic E-state index is 11.9. The molecule has 1 aliphatic rings. The minimum atomic E-state index is -0.0746. The Hall–Kier alpha value is -2.62. The van der Waals surface area contributed by atoms with E-state index in [-0.39, 0.29) is 12.0 Å². The van der Waals surface area contributed by atoms with E-state index in [2.05, 4.69) is 29.4 Å². The van der Waals surface area contributed by atoms with Crippen LogP contribution in [0.4, 0.5) is 0 Å². The van der Waals surface area contributed by atoms with Gasteiger partial charge in [-0.05, 0) is 48.2 Å². The second-order valence-corrected chi connectivity index (χ2v) is 6.81. The molecule has 0 saturated carbocycles. The third-order valence-corrected chi connectivity index (χ3v) is 4.12. The quantitative estimate of drug-likeness (QED) is 0.847. The summed E-state index contributed by atoms with van der Waals surface area (Å²) in [4.78, 5) is 16.3. The highest BCUT2D eigenvalue weighted by molar-refractivity contribution is 5.87. The first-order valence-electron chi connectivity index (χ1n) is 8.70. The summed E-state index contributed by atoms with van der Waals surface area (Å²) in [7, 11) is 0. The van der Waals surface area contributed by atoms with Gasteiger partial charge in [0.05, 0.1) is 12.2 Å². The Morgan fingerprint density at radius 3 is 2.96 bits per heavy atom. The van der Waals surface area contributed by atoms with E-state index in [4.69, 9.17) is 4.74 Å². The summed E-state index contributed by atoms with van der Waals surface area (Å²) < 4.78 is 6.14. The highest BCUT2D eigenvalue weighted by Gasteiger charge is 2.26. The molecule has 0 spiro atoms. The van der Waals surface area contributed by atoms with Crippen LogP contribution in [0.1, 0.15) is 25.0 Å². The van der Waals surface area contributed by atoms with Crippen LogP contribution in [0.15, 0.2) is 48.7 Å². The number of pyridine rings is 1. The van der Waals surface area contributed by atoms with E-state index in [9.17, 15) is 4.79 Å². The van der Waals surface area contributed by atoms with Crippen LogP contribution in [0.25, 0.3) is 11.3 Å². The lowest BCUT2D eigenvalue weighted by molar-refractivity contribution is -0.116. The lowest BCUT2D eigenvalue weighted by atomic mass is 10.0. The van der Waals surface area contributed by atoms with Crippen molar-refractivity contribution in [2.75, 3.05) is 6.54 Å². The Morgan fingerprint density at radius 2 is 2.24 bits per heavy atom. The number of benzene rings is 1. The number of nitrogens with one attached hydrogen (secondary N) is 1. The monoisotopic (exact) mass is 336 g/mol. The summed E-state index contributed by atoms with van der Waals surface area (Å²) >= 11 is 0. The highest BCUT2D eigenvalue weighted by atomic mass is 16.5. The van der Waals surface area contributed by atoms with Crippen molar-refractivity contribution < 1.29 is 9.53 Å². The summed E-state index contributed by atoms with van der Waals surface area (Å²) in [5.41, 5.74) is 4.29. The summed E-state index contributed by atoms with van der Waals surface area (Å²) in [5.74, 6) is 1.18. The van der Waals surface area contributed by atoms with E-state index in [1.54, 1.807) is 12.3 Å². The molecule has 1 atom stereocenters. The van der Waals surface area contributed by atoms with Crippen LogP contribution in [0.3, 0.4) is 0 Å². The number of nitrogens with zero attached hydrogens (tertiary/aromatic N) is 1. The number of allylic oxidation sites excluding steroid dienone is 1. The molecule has 130 valence electrons. The molecule has 2 aromatic rings. The van der Waals surface area contributed by atoms with Crippen LogP contribution in [-0.2, 0) is 11.2 Å². The number of rotatable bonds is 5. The zero-order chi connectivity index (χ0) is 17.8. The van der Waals surface area contributed by atoms with Gasteiger partial charge in [-0.25, -0.2) is 0 Å². The summed E-state index contributed by atoms with van der Waals surface area (Å²) in [6.45, 7) is 6.67. The second-order valence-electron chi connectivity index (χ2n) is 6.81. The first-order valence-corrected chi connectivity index (χ1v) is 8.70. The lowest BCUT2D eigenvalue weighted by Gasteiger charge is -2.13. The van der Waals surface area contributed by atoms with Gasteiger partial charge >= 0.3 is 0 Å². The zero-order valence-electron chi connectivity index (χ0n) is 15.0. The molecule has 1 N–H and O–H groups in total. The molecule has 0 aliphatic carbocycles. The van der Waals surface area contributed by atoms with Crippen molar-refractivity contribution in [2.45, 2.75) is 33.3 Å². The molecule has 1 aliphatic heterocycles. The predicted molar refractivity (Wildman–Crippen MR) is 99.5 cm³/mol. The fraction of sp³-hybridized carbons (Fsp3) is 0.333. The van der Waals surface area contributed by atoms with E-state index in [1.165, 1.54) is 11.1 Å². The number of aryl methyl sites for hydroxylation is 1. The first kappa shape index (κ1) is 17.2. The Bertz CT molecular complexity index is 782. The number of carbonyl (C=O) groups is 1. The van der Waals surface area contributed by atoms with Crippen LogP contribution in [0.5, 0.6) is 5.75 Å². The topological polar surface area (TPSA) is 51.2 Å². The third kappa shape index (κ3) is 4.27. The molecule has 1 aromatic heterocycles. The molecular formula is C21H24N2O2. The minimum absolute atomic E-state index is 0.0457. The van der Waals surface area contributed by atoms with Crippen LogP contribution >= 0.6 is 0 Å². The van der Waals surface area contributed by atoms with Gasteiger partial charge in [0.1, 0.15) is 11.9 Å². The van der Waals surface area contributed by atoms with Crippen molar-refractivity contribution >= 4 is 5.91 Å². The van der Waals surface area contributed by atoms with Gasteiger partial charge in [0.2, 0.25) is 5.91 Å². The van der Waals surface area contributed by atoms with Crippen LogP contribution < -0.4 is 10.1 Å². The van der Waals surface area contributed by atoms with Crippen LogP contribution in [0.2, 0.25) is 0 Å². The van der Waals surface area contributed by atoms with E-state index in [0.29, 0.717) is 12.5 Å². The van der Waals surface area contributed by atoms with E-state index in [1.807, 2.05) is 38.1 Å². The molecule has 0 fully saturated rings. The molecule has 4 heteroatoms. The minimum Gasteiger partial charge on any atom is -0.487 e. The number of carbonyl (C=O) groups excluding carboxylic acids is 1. The van der Waals surface area contributed by atoms with Gasteiger partial charge in [-0.15, -0.1) is 0 Å². The number of ether oxygens (including phenoxy) is 1. The van der Waals surface area contributed by atoms with Gasteiger partial charge in [0.25, 0.3) is 0 Å². The average molecular weight is 336 g/mol. The highest BCUT2D eigenvalue weighted by Crippen LogP contribution is 2.38. The number of hydrogen-bond acceptors (Lipinski definition) is 3. The number of aromatic nitrogens is 1. The standard InChI is InChI=1S/C21H24N2O2/c1-14(2)7-8-20(24)23-13-17-12-16-10-15(3)11-18(21(16)25-17)19-6-4-5-9-22-19/h4-11,14,17H,12-13H2,1-3H3,(H,23,24). The van der Waals surface area contributed by atoms with E-state index >= 15 is 0 Å². The van der Waals surface area contributed by atoms with Crippen molar-refractivity contribution in [3.05, 3.63) is 59.8 Å². The van der Waals surface area contributed by atoms with Crippen molar-refractivity contribution in [2.24, 2.45) is 5.92 Å². The second kappa shape index (κ2) is 7.51. The Balaban J connectivity index is 1.72. The Kier molecular flexibility index (Phi) is 5.17. The average Bonchev–Trinajstić information content (AvgIpc) is 3.00. The maximum Gasteiger partial charge on any atom is 0.243 e. The van der Waals surface area contributed by atoms with E-state index in [0.717, 1.165) is 23.4 Å². The third-order valence-electron chi connectivity index (χ3n) is 4.12. The molecule has 1 amide bonds. The van der Waals surface area contributed by atoms with Crippen molar-refractivity contribution in [1.29, 1.82) is 0 Å². The molecule has 0 radical (unpaired) electrons. The van der Waals surface area contributed by atoms with Crippen molar-refractivity contribution in [3.63, 3.8) is 0 Å². The van der Waals surface area contributed by atoms with Crippen LogP contribution in [-0.4, -0.2) is 23.5 Å². The summed E-state index contributed by atoms with van der Waals surface area (Å²) in [6, 6.07) is 10.1. The Morgan fingerprint density at radius 1 is 1.40 bits per heavy atom. The molecule has 1 aromatic carbocycles. The van der Waals surface area contributed by atoms with Gasteiger partial charge in [0.15, 0.2) is 0 Å². The normalized spacial score (nSPS) is 16.1. The number of hydrogen-bond donors (Lipinski definition) is 1. The zero-order valence-corrected chi connectivity index (χ0v) is 15.0. The molecule has 4 nitrogen and oxygen atoms in total. The summed E-state index contributed by atoms with van der Waals surface area (Å²) in [6.07, 6.45) is 6.02. The Labute approximate surface area is 148 Å². The molecule has 0 saturated heterocycles. The molecule has 25 heavy (non-hydrogen) atoms.